The lowest BCUT2D eigenvalue weighted by Gasteiger charge is -2.25. The van der Waals surface area contributed by atoms with Crippen LogP contribution in [0.25, 0.3) is 0 Å². The summed E-state index contributed by atoms with van der Waals surface area (Å²) in [4.78, 5) is 34.1. The molecular formula is C16H20N2O4. The predicted octanol–water partition coefficient (Wildman–Crippen LogP) is 1.54. The highest BCUT2D eigenvalue weighted by atomic mass is 16.4. The molecule has 6 nitrogen and oxygen atoms in total. The predicted molar refractivity (Wildman–Crippen MR) is 81.1 cm³/mol. The van der Waals surface area contributed by atoms with Gasteiger partial charge in [-0.25, -0.2) is 0 Å². The van der Waals surface area contributed by atoms with Crippen molar-refractivity contribution in [1.29, 1.82) is 0 Å². The largest absolute Gasteiger partial charge is 0.481 e. The molecule has 6 heteroatoms. The molecule has 0 saturated heterocycles. The lowest BCUT2D eigenvalue weighted by molar-refractivity contribution is -0.143. The number of carboxylic acid groups (broad SMARTS) is 1. The monoisotopic (exact) mass is 304 g/mol. The van der Waals surface area contributed by atoms with Gasteiger partial charge in [-0.3, -0.25) is 14.4 Å². The molecule has 2 atom stereocenters. The topological polar surface area (TPSA) is 109 Å². The van der Waals surface area contributed by atoms with E-state index in [1.165, 1.54) is 0 Å². The van der Waals surface area contributed by atoms with E-state index < -0.39 is 17.8 Å². The Morgan fingerprint density at radius 1 is 1.14 bits per heavy atom. The number of primary amides is 1. The summed E-state index contributed by atoms with van der Waals surface area (Å²) >= 11 is 0. The second kappa shape index (κ2) is 7.06. The fourth-order valence-electron chi connectivity index (χ4n) is 2.80. The van der Waals surface area contributed by atoms with Crippen LogP contribution in [0.2, 0.25) is 0 Å². The van der Waals surface area contributed by atoms with E-state index in [1.54, 1.807) is 24.3 Å². The van der Waals surface area contributed by atoms with Crippen molar-refractivity contribution < 1.29 is 19.5 Å². The lowest BCUT2D eigenvalue weighted by atomic mass is 9.81. The number of carbonyl (C=O) groups is 3. The SMILES string of the molecule is NC(=O)Cc1ccc(NC(=O)C2CCCC(C(=O)O)C2)cc1. The number of carboxylic acids is 1. The quantitative estimate of drug-likeness (QED) is 0.766. The Morgan fingerprint density at radius 2 is 1.77 bits per heavy atom. The Bertz CT molecular complexity index is 568. The second-order valence-electron chi connectivity index (χ2n) is 5.73. The van der Waals surface area contributed by atoms with Gasteiger partial charge in [0.05, 0.1) is 12.3 Å². The first-order valence-electron chi connectivity index (χ1n) is 7.36. The number of nitrogens with one attached hydrogen (secondary N) is 1. The van der Waals surface area contributed by atoms with Gasteiger partial charge in [0.1, 0.15) is 0 Å². The van der Waals surface area contributed by atoms with Gasteiger partial charge in [0.2, 0.25) is 11.8 Å². The first kappa shape index (κ1) is 16.0. The molecule has 0 spiro atoms. The van der Waals surface area contributed by atoms with Gasteiger partial charge in [-0.05, 0) is 37.0 Å². The highest BCUT2D eigenvalue weighted by Crippen LogP contribution is 2.30. The molecule has 1 fully saturated rings. The van der Waals surface area contributed by atoms with Crippen molar-refractivity contribution in [2.24, 2.45) is 17.6 Å². The minimum atomic E-state index is -0.826. The lowest BCUT2D eigenvalue weighted by Crippen LogP contribution is -2.30. The molecule has 0 heterocycles. The Labute approximate surface area is 128 Å². The van der Waals surface area contributed by atoms with Gasteiger partial charge in [0, 0.05) is 11.6 Å². The number of hydrogen-bond donors (Lipinski definition) is 3. The van der Waals surface area contributed by atoms with Gasteiger partial charge in [-0.1, -0.05) is 18.6 Å². The van der Waals surface area contributed by atoms with Gasteiger partial charge < -0.3 is 16.2 Å². The number of rotatable bonds is 5. The van der Waals surface area contributed by atoms with E-state index >= 15 is 0 Å². The molecule has 1 aromatic rings. The molecule has 4 N–H and O–H groups in total. The number of benzene rings is 1. The smallest absolute Gasteiger partial charge is 0.306 e. The van der Waals surface area contributed by atoms with Crippen LogP contribution in [-0.2, 0) is 20.8 Å². The molecule has 2 amide bonds. The minimum Gasteiger partial charge on any atom is -0.481 e. The van der Waals surface area contributed by atoms with Crippen LogP contribution < -0.4 is 11.1 Å². The van der Waals surface area contributed by atoms with Crippen LogP contribution >= 0.6 is 0 Å². The number of aliphatic carboxylic acids is 1. The highest BCUT2D eigenvalue weighted by molar-refractivity contribution is 5.93. The standard InChI is InChI=1S/C16H20N2O4/c17-14(19)8-10-4-6-13(7-5-10)18-15(20)11-2-1-3-12(9-11)16(21)22/h4-7,11-12H,1-3,8-9H2,(H2,17,19)(H,18,20)(H,21,22). The molecule has 0 aromatic heterocycles. The van der Waals surface area contributed by atoms with Crippen molar-refractivity contribution in [3.63, 3.8) is 0 Å². The number of amides is 2. The van der Waals surface area contributed by atoms with E-state index in [-0.39, 0.29) is 18.2 Å². The Kier molecular flexibility index (Phi) is 5.14. The van der Waals surface area contributed by atoms with Crippen LogP contribution in [0.15, 0.2) is 24.3 Å². The van der Waals surface area contributed by atoms with Crippen molar-refractivity contribution in [2.75, 3.05) is 5.32 Å². The zero-order chi connectivity index (χ0) is 16.1. The fourth-order valence-corrected chi connectivity index (χ4v) is 2.80. The third kappa shape index (κ3) is 4.31. The van der Waals surface area contributed by atoms with Crippen LogP contribution in [0.3, 0.4) is 0 Å². The van der Waals surface area contributed by atoms with E-state index in [4.69, 9.17) is 10.8 Å². The molecule has 1 aliphatic rings. The third-order valence-electron chi connectivity index (χ3n) is 3.99. The molecule has 1 aromatic carbocycles. The summed E-state index contributed by atoms with van der Waals surface area (Å²) < 4.78 is 0. The molecule has 118 valence electrons. The zero-order valence-electron chi connectivity index (χ0n) is 12.2. The molecule has 0 bridgehead atoms. The maximum Gasteiger partial charge on any atom is 0.306 e. The summed E-state index contributed by atoms with van der Waals surface area (Å²) in [5, 5.41) is 11.9. The molecule has 2 unspecified atom stereocenters. The average Bonchev–Trinajstić information content (AvgIpc) is 2.49. The van der Waals surface area contributed by atoms with Gasteiger partial charge in [0.15, 0.2) is 0 Å². The van der Waals surface area contributed by atoms with E-state index in [2.05, 4.69) is 5.32 Å². The molecule has 1 aliphatic carbocycles. The molecule has 2 rings (SSSR count). The van der Waals surface area contributed by atoms with E-state index in [0.717, 1.165) is 18.4 Å². The molecule has 0 aliphatic heterocycles. The second-order valence-corrected chi connectivity index (χ2v) is 5.73. The Hall–Kier alpha value is -2.37. The van der Waals surface area contributed by atoms with Gasteiger partial charge in [0.25, 0.3) is 0 Å². The first-order valence-corrected chi connectivity index (χ1v) is 7.36. The van der Waals surface area contributed by atoms with Crippen molar-refractivity contribution in [3.8, 4) is 0 Å². The summed E-state index contributed by atoms with van der Waals surface area (Å²) in [6, 6.07) is 6.91. The van der Waals surface area contributed by atoms with Crippen LogP contribution in [0.4, 0.5) is 5.69 Å². The highest BCUT2D eigenvalue weighted by Gasteiger charge is 2.30. The van der Waals surface area contributed by atoms with Crippen LogP contribution in [0.1, 0.15) is 31.2 Å². The summed E-state index contributed by atoms with van der Waals surface area (Å²) in [6.45, 7) is 0. The summed E-state index contributed by atoms with van der Waals surface area (Å²) in [6.07, 6.45) is 2.67. The van der Waals surface area contributed by atoms with Crippen LogP contribution in [-0.4, -0.2) is 22.9 Å². The van der Waals surface area contributed by atoms with E-state index in [1.807, 2.05) is 0 Å². The molecule has 22 heavy (non-hydrogen) atoms. The Morgan fingerprint density at radius 3 is 2.36 bits per heavy atom. The average molecular weight is 304 g/mol. The third-order valence-corrected chi connectivity index (χ3v) is 3.99. The first-order chi connectivity index (χ1) is 10.5. The number of hydrogen-bond acceptors (Lipinski definition) is 3. The van der Waals surface area contributed by atoms with Crippen molar-refractivity contribution >= 4 is 23.5 Å². The zero-order valence-corrected chi connectivity index (χ0v) is 12.2. The fraction of sp³-hybridized carbons (Fsp3) is 0.438. The minimum absolute atomic E-state index is 0.145. The van der Waals surface area contributed by atoms with Crippen molar-refractivity contribution in [1.82, 2.24) is 0 Å². The van der Waals surface area contributed by atoms with Crippen LogP contribution in [0.5, 0.6) is 0 Å². The summed E-state index contributed by atoms with van der Waals surface area (Å²) in [5.41, 5.74) is 6.54. The van der Waals surface area contributed by atoms with Gasteiger partial charge >= 0.3 is 5.97 Å². The number of anilines is 1. The van der Waals surface area contributed by atoms with Crippen molar-refractivity contribution in [2.45, 2.75) is 32.1 Å². The van der Waals surface area contributed by atoms with Gasteiger partial charge in [-0.15, -0.1) is 0 Å². The molecular weight excluding hydrogens is 284 g/mol. The number of carbonyl (C=O) groups excluding carboxylic acids is 2. The maximum atomic E-state index is 12.2. The number of nitrogens with two attached hydrogens (primary N) is 1. The van der Waals surface area contributed by atoms with Crippen molar-refractivity contribution in [3.05, 3.63) is 29.8 Å². The summed E-state index contributed by atoms with van der Waals surface area (Å²) in [5.74, 6) is -2.07. The normalized spacial score (nSPS) is 21.1. The molecule has 1 saturated carbocycles. The van der Waals surface area contributed by atoms with Gasteiger partial charge in [-0.2, -0.15) is 0 Å². The maximum absolute atomic E-state index is 12.2. The summed E-state index contributed by atoms with van der Waals surface area (Å²) in [7, 11) is 0. The Balaban J connectivity index is 1.93. The van der Waals surface area contributed by atoms with Crippen LogP contribution in [0, 0.1) is 11.8 Å². The van der Waals surface area contributed by atoms with E-state index in [9.17, 15) is 14.4 Å². The molecule has 0 radical (unpaired) electrons. The van der Waals surface area contributed by atoms with E-state index in [0.29, 0.717) is 18.5 Å².